The maximum Gasteiger partial charge on any atom is 0.184 e. The lowest BCUT2D eigenvalue weighted by Gasteiger charge is -2.11. The number of hydrogen-bond donors (Lipinski definition) is 0. The number of rotatable bonds is 3. The number of hydrogen-bond acceptors (Lipinski definition) is 2. The molecule has 0 fully saturated rings. The van der Waals surface area contributed by atoms with E-state index in [1.165, 1.54) is 0 Å². The second-order valence-electron chi connectivity index (χ2n) is 4.29. The second-order valence-corrected chi connectivity index (χ2v) is 4.73. The van der Waals surface area contributed by atoms with Crippen molar-refractivity contribution in [2.75, 3.05) is 0 Å². The highest BCUT2D eigenvalue weighted by atomic mass is 35.5. The van der Waals surface area contributed by atoms with Gasteiger partial charge >= 0.3 is 0 Å². The summed E-state index contributed by atoms with van der Waals surface area (Å²) in [6.07, 6.45) is 0. The lowest BCUT2D eigenvalue weighted by atomic mass is 9.89. The van der Waals surface area contributed by atoms with E-state index in [0.29, 0.717) is 10.6 Å². The van der Waals surface area contributed by atoms with Crippen LogP contribution in [0.2, 0.25) is 5.02 Å². The molecule has 0 N–H and O–H groups in total. The van der Waals surface area contributed by atoms with Crippen LogP contribution in [0, 0.1) is 18.3 Å². The van der Waals surface area contributed by atoms with E-state index in [0.717, 1.165) is 11.1 Å². The van der Waals surface area contributed by atoms with Crippen molar-refractivity contribution in [2.24, 2.45) is 0 Å². The minimum Gasteiger partial charge on any atom is -0.292 e. The van der Waals surface area contributed by atoms with E-state index in [4.69, 9.17) is 11.6 Å². The molecule has 2 nitrogen and oxygen atoms in total. The topological polar surface area (TPSA) is 40.9 Å². The predicted molar refractivity (Wildman–Crippen MR) is 75.3 cm³/mol. The number of carbonyl (C=O) groups excluding carboxylic acids is 1. The van der Waals surface area contributed by atoms with E-state index in [2.05, 4.69) is 6.07 Å². The third-order valence-corrected chi connectivity index (χ3v) is 3.23. The molecule has 0 aliphatic carbocycles. The number of nitrogens with zero attached hydrogens (tertiary/aromatic N) is 1. The van der Waals surface area contributed by atoms with Crippen molar-refractivity contribution in [3.63, 3.8) is 0 Å². The molecule has 0 spiro atoms. The summed E-state index contributed by atoms with van der Waals surface area (Å²) in [5, 5.41) is 9.79. The first-order valence-corrected chi connectivity index (χ1v) is 6.26. The Kier molecular flexibility index (Phi) is 3.99. The van der Waals surface area contributed by atoms with E-state index >= 15 is 0 Å². The standard InChI is InChI=1S/C16H12ClNO/c1-11-5-2-3-8-14(11)15(10-18)16(19)12-6-4-7-13(17)9-12/h2-9,15H,1H3. The monoisotopic (exact) mass is 269 g/mol. The van der Waals surface area contributed by atoms with Crippen molar-refractivity contribution in [1.29, 1.82) is 5.26 Å². The Hall–Kier alpha value is -2.11. The maximum absolute atomic E-state index is 12.4. The quantitative estimate of drug-likeness (QED) is 0.786. The fourth-order valence-electron chi connectivity index (χ4n) is 1.99. The van der Waals surface area contributed by atoms with Crippen molar-refractivity contribution in [2.45, 2.75) is 12.8 Å². The summed E-state index contributed by atoms with van der Waals surface area (Å²) in [5.74, 6) is -1.01. The Balaban J connectivity index is 2.42. The summed E-state index contributed by atoms with van der Waals surface area (Å²) in [7, 11) is 0. The van der Waals surface area contributed by atoms with Crippen LogP contribution >= 0.6 is 11.6 Å². The third-order valence-electron chi connectivity index (χ3n) is 3.00. The average Bonchev–Trinajstić information content (AvgIpc) is 2.41. The third kappa shape index (κ3) is 2.83. The molecule has 1 atom stereocenters. The van der Waals surface area contributed by atoms with Crippen LogP contribution < -0.4 is 0 Å². The van der Waals surface area contributed by atoms with E-state index in [-0.39, 0.29) is 5.78 Å². The van der Waals surface area contributed by atoms with Crippen LogP contribution in [0.25, 0.3) is 0 Å². The minimum atomic E-state index is -0.792. The van der Waals surface area contributed by atoms with Crippen LogP contribution in [0.5, 0.6) is 0 Å². The van der Waals surface area contributed by atoms with Gasteiger partial charge in [-0.1, -0.05) is 48.0 Å². The lowest BCUT2D eigenvalue weighted by Crippen LogP contribution is -2.12. The van der Waals surface area contributed by atoms with Crippen LogP contribution in [0.4, 0.5) is 0 Å². The highest BCUT2D eigenvalue weighted by molar-refractivity contribution is 6.31. The fraction of sp³-hybridized carbons (Fsp3) is 0.125. The molecule has 0 saturated heterocycles. The molecule has 0 heterocycles. The molecule has 2 aromatic rings. The predicted octanol–water partition coefficient (Wildman–Crippen LogP) is 4.14. The number of benzene rings is 2. The average molecular weight is 270 g/mol. The highest BCUT2D eigenvalue weighted by Gasteiger charge is 2.23. The van der Waals surface area contributed by atoms with Crippen LogP contribution in [-0.2, 0) is 0 Å². The summed E-state index contributed by atoms with van der Waals surface area (Å²) in [6, 6.07) is 16.2. The Morgan fingerprint density at radius 1 is 1.21 bits per heavy atom. The van der Waals surface area contributed by atoms with Gasteiger partial charge in [-0.2, -0.15) is 5.26 Å². The van der Waals surface area contributed by atoms with Gasteiger partial charge in [0.15, 0.2) is 5.78 Å². The summed E-state index contributed by atoms with van der Waals surface area (Å²) < 4.78 is 0. The Morgan fingerprint density at radius 2 is 1.95 bits per heavy atom. The molecule has 0 aromatic heterocycles. The number of aryl methyl sites for hydroxylation is 1. The van der Waals surface area contributed by atoms with E-state index in [1.54, 1.807) is 24.3 Å². The number of carbonyl (C=O) groups is 1. The van der Waals surface area contributed by atoms with Crippen molar-refractivity contribution >= 4 is 17.4 Å². The van der Waals surface area contributed by atoms with Gasteiger partial charge in [-0.3, -0.25) is 4.79 Å². The zero-order chi connectivity index (χ0) is 13.8. The van der Waals surface area contributed by atoms with Crippen molar-refractivity contribution in [3.8, 4) is 6.07 Å². The van der Waals surface area contributed by atoms with E-state index in [1.807, 2.05) is 31.2 Å². The normalized spacial score (nSPS) is 11.6. The van der Waals surface area contributed by atoms with Crippen LogP contribution in [0.3, 0.4) is 0 Å². The maximum atomic E-state index is 12.4. The second kappa shape index (κ2) is 5.69. The number of halogens is 1. The van der Waals surface area contributed by atoms with Gasteiger partial charge in [-0.05, 0) is 30.2 Å². The van der Waals surface area contributed by atoms with E-state index in [9.17, 15) is 10.1 Å². The summed E-state index contributed by atoms with van der Waals surface area (Å²) >= 11 is 5.88. The fourth-order valence-corrected chi connectivity index (χ4v) is 2.18. The smallest absolute Gasteiger partial charge is 0.184 e. The molecule has 2 aromatic carbocycles. The first-order chi connectivity index (χ1) is 9.13. The molecule has 1 unspecified atom stereocenters. The first kappa shape index (κ1) is 13.3. The molecule has 0 radical (unpaired) electrons. The van der Waals surface area contributed by atoms with Crippen molar-refractivity contribution in [3.05, 3.63) is 70.2 Å². The molecule has 2 rings (SSSR count). The lowest BCUT2D eigenvalue weighted by molar-refractivity contribution is 0.0978. The van der Waals surface area contributed by atoms with Gasteiger partial charge in [-0.15, -0.1) is 0 Å². The van der Waals surface area contributed by atoms with Gasteiger partial charge in [0.1, 0.15) is 5.92 Å². The number of ketones is 1. The van der Waals surface area contributed by atoms with Crippen LogP contribution in [0.1, 0.15) is 27.4 Å². The van der Waals surface area contributed by atoms with Crippen molar-refractivity contribution < 1.29 is 4.79 Å². The zero-order valence-electron chi connectivity index (χ0n) is 10.4. The highest BCUT2D eigenvalue weighted by Crippen LogP contribution is 2.24. The van der Waals surface area contributed by atoms with Crippen LogP contribution in [-0.4, -0.2) is 5.78 Å². The SMILES string of the molecule is Cc1ccccc1C(C#N)C(=O)c1cccc(Cl)c1. The summed E-state index contributed by atoms with van der Waals surface area (Å²) in [4.78, 5) is 12.4. The minimum absolute atomic E-state index is 0.223. The Bertz CT molecular complexity index is 658. The molecule has 0 amide bonds. The van der Waals surface area contributed by atoms with Gasteiger partial charge in [-0.25, -0.2) is 0 Å². The molecule has 94 valence electrons. The van der Waals surface area contributed by atoms with Gasteiger partial charge in [0.2, 0.25) is 0 Å². The molecule has 0 aliphatic heterocycles. The van der Waals surface area contributed by atoms with E-state index < -0.39 is 5.92 Å². The summed E-state index contributed by atoms with van der Waals surface area (Å²) in [5.41, 5.74) is 2.14. The molecular weight excluding hydrogens is 258 g/mol. The number of nitriles is 1. The molecular formula is C16H12ClNO. The Morgan fingerprint density at radius 3 is 2.58 bits per heavy atom. The van der Waals surface area contributed by atoms with Gasteiger partial charge in [0.05, 0.1) is 6.07 Å². The molecule has 0 saturated carbocycles. The Labute approximate surface area is 117 Å². The molecule has 3 heteroatoms. The molecule has 0 aliphatic rings. The van der Waals surface area contributed by atoms with Gasteiger partial charge < -0.3 is 0 Å². The first-order valence-electron chi connectivity index (χ1n) is 5.88. The summed E-state index contributed by atoms with van der Waals surface area (Å²) in [6.45, 7) is 1.89. The number of Topliss-reactive ketones (excluding diaryl/α,β-unsaturated/α-hetero) is 1. The molecule has 19 heavy (non-hydrogen) atoms. The zero-order valence-corrected chi connectivity index (χ0v) is 11.2. The van der Waals surface area contributed by atoms with Crippen LogP contribution in [0.15, 0.2) is 48.5 Å². The molecule has 0 bridgehead atoms. The largest absolute Gasteiger partial charge is 0.292 e. The van der Waals surface area contributed by atoms with Gasteiger partial charge in [0.25, 0.3) is 0 Å². The van der Waals surface area contributed by atoms with Crippen molar-refractivity contribution in [1.82, 2.24) is 0 Å². The van der Waals surface area contributed by atoms with Gasteiger partial charge in [0, 0.05) is 10.6 Å².